The molecule has 6 saturated carbocycles. The van der Waals surface area contributed by atoms with Crippen molar-refractivity contribution in [3.8, 4) is 0 Å². The predicted octanol–water partition coefficient (Wildman–Crippen LogP) is 5.01. The van der Waals surface area contributed by atoms with Gasteiger partial charge in [-0.25, -0.2) is 4.79 Å². The van der Waals surface area contributed by atoms with Crippen LogP contribution in [0.1, 0.15) is 116 Å². The van der Waals surface area contributed by atoms with Gasteiger partial charge in [0.15, 0.2) is 0 Å². The first-order chi connectivity index (χ1) is 21.6. The third kappa shape index (κ3) is 3.12. The fraction of sp³-hybridized carbons (Fsp3) is 0.919. The zero-order valence-corrected chi connectivity index (χ0v) is 26.5. The van der Waals surface area contributed by atoms with Crippen molar-refractivity contribution < 1.29 is 14.4 Å². The topological polar surface area (TPSA) is 64.2 Å². The molecule has 5 aliphatic heterocycles. The number of piperidine rings is 2. The van der Waals surface area contributed by atoms with Crippen molar-refractivity contribution in [2.24, 2.45) is 35.5 Å². The highest BCUT2D eigenvalue weighted by Gasteiger charge is 2.71. The Hall–Kier alpha value is -1.47. The lowest BCUT2D eigenvalue weighted by atomic mass is 9.54. The molecule has 238 valence electrons. The van der Waals surface area contributed by atoms with Crippen LogP contribution < -0.4 is 0 Å². The summed E-state index contributed by atoms with van der Waals surface area (Å²) in [5.41, 5.74) is 0. The van der Waals surface area contributed by atoms with E-state index < -0.39 is 0 Å². The highest BCUT2D eigenvalue weighted by atomic mass is 16.2. The Labute approximate surface area is 262 Å². The maximum atomic E-state index is 15.4. The number of Topliss-reactive ketones (excluding diaryl/α,β-unsaturated/α-hetero) is 2. The number of nitrogens with zero attached hydrogens (tertiary/aromatic N) is 4. The molecule has 7 nitrogen and oxygen atoms in total. The minimum atomic E-state index is 0.131. The second kappa shape index (κ2) is 9.33. The van der Waals surface area contributed by atoms with E-state index in [9.17, 15) is 9.59 Å². The van der Waals surface area contributed by atoms with Crippen LogP contribution in [0.15, 0.2) is 0 Å². The first-order valence-electron chi connectivity index (χ1n) is 19.4. The smallest absolute Gasteiger partial charge is 0.315 e. The molecule has 5 heterocycles. The highest BCUT2D eigenvalue weighted by molar-refractivity contribution is 5.88. The van der Waals surface area contributed by atoms with Gasteiger partial charge in [0.05, 0.1) is 24.2 Å². The quantitative estimate of drug-likeness (QED) is 0.391. The first-order valence-corrected chi connectivity index (χ1v) is 19.4. The number of rotatable bonds is 0. The summed E-state index contributed by atoms with van der Waals surface area (Å²) in [7, 11) is 0. The maximum absolute atomic E-state index is 15.4. The number of carbonyl (C=O) groups is 3. The molecule has 0 aromatic carbocycles. The molecule has 6 aliphatic carbocycles. The minimum absolute atomic E-state index is 0.131. The zero-order chi connectivity index (χ0) is 29.0. The van der Waals surface area contributed by atoms with Crippen LogP contribution >= 0.6 is 0 Å². The van der Waals surface area contributed by atoms with E-state index in [1.165, 1.54) is 64.2 Å². The fourth-order valence-corrected chi connectivity index (χ4v) is 15.3. The summed E-state index contributed by atoms with van der Waals surface area (Å²) >= 11 is 0. The van der Waals surface area contributed by atoms with Gasteiger partial charge in [-0.2, -0.15) is 0 Å². The largest absolute Gasteiger partial charge is 0.321 e. The number of fused-ring (bicyclic) bond motifs is 8. The summed E-state index contributed by atoms with van der Waals surface area (Å²) < 4.78 is 0. The van der Waals surface area contributed by atoms with Gasteiger partial charge in [0.25, 0.3) is 0 Å². The molecule has 0 spiro atoms. The van der Waals surface area contributed by atoms with Crippen LogP contribution in [0.4, 0.5) is 4.79 Å². The summed E-state index contributed by atoms with van der Waals surface area (Å²) in [5.74, 6) is 3.15. The number of ketones is 2. The number of hydrogen-bond acceptors (Lipinski definition) is 5. The second-order valence-corrected chi connectivity index (χ2v) is 17.5. The molecule has 0 aromatic heterocycles. The van der Waals surface area contributed by atoms with E-state index in [0.29, 0.717) is 65.7 Å². The lowest BCUT2D eigenvalue weighted by molar-refractivity contribution is -0.231. The van der Waals surface area contributed by atoms with Crippen LogP contribution in [0.3, 0.4) is 0 Å². The summed E-state index contributed by atoms with van der Waals surface area (Å²) in [5, 5.41) is 0. The van der Waals surface area contributed by atoms with E-state index in [1.807, 2.05) is 0 Å². The summed E-state index contributed by atoms with van der Waals surface area (Å²) in [6, 6.07) is 3.57. The van der Waals surface area contributed by atoms with Crippen LogP contribution in [0.25, 0.3) is 0 Å². The van der Waals surface area contributed by atoms with Crippen molar-refractivity contribution in [3.05, 3.63) is 0 Å². The monoisotopic (exact) mass is 600 g/mol. The molecule has 0 aromatic rings. The molecule has 11 aliphatic rings. The molecule has 0 N–H and O–H groups in total. The van der Waals surface area contributed by atoms with Crippen LogP contribution in [0.2, 0.25) is 0 Å². The van der Waals surface area contributed by atoms with Gasteiger partial charge in [-0.15, -0.1) is 0 Å². The highest BCUT2D eigenvalue weighted by Crippen LogP contribution is 2.61. The van der Waals surface area contributed by atoms with Gasteiger partial charge in [0.1, 0.15) is 11.6 Å². The zero-order valence-electron chi connectivity index (χ0n) is 26.5. The van der Waals surface area contributed by atoms with Crippen molar-refractivity contribution in [1.29, 1.82) is 0 Å². The molecule has 5 saturated heterocycles. The Bertz CT molecular complexity index is 1200. The van der Waals surface area contributed by atoms with E-state index >= 15 is 4.79 Å². The Kier molecular flexibility index (Phi) is 5.63. The average molecular weight is 601 g/mol. The molecule has 14 unspecified atom stereocenters. The molecular formula is C37H52N4O3. The van der Waals surface area contributed by atoms with E-state index in [-0.39, 0.29) is 47.8 Å². The minimum Gasteiger partial charge on any atom is -0.315 e. The second-order valence-electron chi connectivity index (χ2n) is 17.5. The molecular weight excluding hydrogens is 548 g/mol. The lowest BCUT2D eigenvalue weighted by Gasteiger charge is -2.75. The Morgan fingerprint density at radius 3 is 1.32 bits per heavy atom. The van der Waals surface area contributed by atoms with E-state index in [4.69, 9.17) is 0 Å². The van der Waals surface area contributed by atoms with E-state index in [1.54, 1.807) is 0 Å². The van der Waals surface area contributed by atoms with Crippen molar-refractivity contribution >= 4 is 17.6 Å². The van der Waals surface area contributed by atoms with Gasteiger partial charge in [-0.3, -0.25) is 19.4 Å². The van der Waals surface area contributed by atoms with Gasteiger partial charge >= 0.3 is 6.03 Å². The van der Waals surface area contributed by atoms with Gasteiger partial charge in [0.2, 0.25) is 0 Å². The normalized spacial score (nSPS) is 55.8. The number of urea groups is 1. The Morgan fingerprint density at radius 1 is 0.386 bits per heavy atom. The third-order valence-electron chi connectivity index (χ3n) is 16.4. The molecule has 14 atom stereocenters. The molecule has 11 rings (SSSR count). The Morgan fingerprint density at radius 2 is 0.818 bits per heavy atom. The van der Waals surface area contributed by atoms with Crippen LogP contribution in [0, 0.1) is 35.5 Å². The summed E-state index contributed by atoms with van der Waals surface area (Å²) in [6.07, 6.45) is 20.9. The van der Waals surface area contributed by atoms with E-state index in [0.717, 1.165) is 51.4 Å². The summed E-state index contributed by atoms with van der Waals surface area (Å²) in [4.78, 5) is 54.7. The molecule has 0 bridgehead atoms. The standard InChI is InChI=1S/C37H52N4O3/c42-35-20-7-1-3-11-24(20)38-28-17-15-19-16-18-29-34-30(19)33(28)40(26-13-5-9-22(35)31(26)38)37(44)41(34)27-14-6-10-23-32(27)39(29)25-12-4-2-8-21(25)36(23)43/h19-34H,1-18H2. The lowest BCUT2D eigenvalue weighted by Crippen LogP contribution is -2.88. The first kappa shape index (κ1) is 26.6. The maximum Gasteiger partial charge on any atom is 0.321 e. The molecule has 2 amide bonds. The third-order valence-corrected chi connectivity index (χ3v) is 16.4. The molecule has 7 heteroatoms. The van der Waals surface area contributed by atoms with E-state index in [2.05, 4.69) is 19.6 Å². The number of carbonyl (C=O) groups excluding carboxylic acids is 3. The van der Waals surface area contributed by atoms with Gasteiger partial charge in [-0.1, -0.05) is 38.5 Å². The number of piperazine rings is 2. The van der Waals surface area contributed by atoms with Crippen molar-refractivity contribution in [2.45, 2.75) is 176 Å². The molecule has 44 heavy (non-hydrogen) atoms. The van der Waals surface area contributed by atoms with Gasteiger partial charge in [-0.05, 0) is 83.0 Å². The van der Waals surface area contributed by atoms with Crippen LogP contribution in [0.5, 0.6) is 0 Å². The van der Waals surface area contributed by atoms with Crippen LogP contribution in [-0.2, 0) is 9.59 Å². The molecule has 11 fully saturated rings. The van der Waals surface area contributed by atoms with Gasteiger partial charge in [0, 0.05) is 65.8 Å². The summed E-state index contributed by atoms with van der Waals surface area (Å²) in [6.45, 7) is 0. The van der Waals surface area contributed by atoms with Crippen molar-refractivity contribution in [3.63, 3.8) is 0 Å². The van der Waals surface area contributed by atoms with Crippen molar-refractivity contribution in [1.82, 2.24) is 19.6 Å². The fourth-order valence-electron chi connectivity index (χ4n) is 15.3. The SMILES string of the molecule is O=C1C2CCCCC2N2C3CCC4CCC5C6C4C3N(C(=O)N6C3CCCC4C(=O)C6CCCCC6N5C43)C3CCCC1C32. The Balaban J connectivity index is 1.06. The van der Waals surface area contributed by atoms with Crippen molar-refractivity contribution in [2.75, 3.05) is 0 Å². The van der Waals surface area contributed by atoms with Gasteiger partial charge < -0.3 is 9.80 Å². The number of amides is 2. The average Bonchev–Trinajstić information content (AvgIpc) is 3.07. The molecule has 0 radical (unpaired) electrons. The van der Waals surface area contributed by atoms with Crippen LogP contribution in [-0.4, -0.2) is 97.6 Å². The number of hydrogen-bond donors (Lipinski definition) is 0. The predicted molar refractivity (Wildman–Crippen MR) is 165 cm³/mol.